The monoisotopic (exact) mass is 289 g/mol. The summed E-state index contributed by atoms with van der Waals surface area (Å²) in [5, 5.41) is 3.57. The summed E-state index contributed by atoms with van der Waals surface area (Å²) in [5.41, 5.74) is 7.09. The van der Waals surface area contributed by atoms with Crippen LogP contribution < -0.4 is 11.1 Å². The molecule has 3 N–H and O–H groups in total. The molecule has 1 saturated heterocycles. The van der Waals surface area contributed by atoms with Gasteiger partial charge in [0.1, 0.15) is 0 Å². The molecule has 0 radical (unpaired) electrons. The Labute approximate surface area is 127 Å². The first-order valence-electron chi connectivity index (χ1n) is 7.89. The van der Waals surface area contributed by atoms with Crippen LogP contribution in [0.25, 0.3) is 0 Å². The van der Waals surface area contributed by atoms with Crippen molar-refractivity contribution < 1.29 is 4.79 Å². The Bertz CT molecular complexity index is 450. The minimum atomic E-state index is -0.365. The maximum absolute atomic E-state index is 11.1. The van der Waals surface area contributed by atoms with Gasteiger partial charge in [0.05, 0.1) is 0 Å². The van der Waals surface area contributed by atoms with Gasteiger partial charge >= 0.3 is 0 Å². The summed E-state index contributed by atoms with van der Waals surface area (Å²) >= 11 is 0. The summed E-state index contributed by atoms with van der Waals surface area (Å²) in [7, 11) is 0. The van der Waals surface area contributed by atoms with E-state index >= 15 is 0 Å². The first-order chi connectivity index (χ1) is 10.0. The van der Waals surface area contributed by atoms with Gasteiger partial charge in [-0.1, -0.05) is 26.0 Å². The number of nitrogens with two attached hydrogens (primary N) is 1. The van der Waals surface area contributed by atoms with E-state index in [1.54, 1.807) is 0 Å². The molecular weight excluding hydrogens is 262 g/mol. The lowest BCUT2D eigenvalue weighted by molar-refractivity contribution is 0.100. The lowest BCUT2D eigenvalue weighted by Crippen LogP contribution is -2.38. The summed E-state index contributed by atoms with van der Waals surface area (Å²) in [6.07, 6.45) is 2.56. The predicted molar refractivity (Wildman–Crippen MR) is 86.1 cm³/mol. The van der Waals surface area contributed by atoms with Gasteiger partial charge in [0.25, 0.3) is 0 Å². The van der Waals surface area contributed by atoms with Crippen LogP contribution in [-0.4, -0.2) is 36.5 Å². The third-order valence-electron chi connectivity index (χ3n) is 3.91. The Morgan fingerprint density at radius 1 is 1.38 bits per heavy atom. The summed E-state index contributed by atoms with van der Waals surface area (Å²) in [4.78, 5) is 13.6. The molecule has 4 heteroatoms. The van der Waals surface area contributed by atoms with Crippen LogP contribution in [0.1, 0.15) is 42.6 Å². The molecule has 1 amide bonds. The molecule has 4 nitrogen and oxygen atoms in total. The summed E-state index contributed by atoms with van der Waals surface area (Å²) in [6, 6.07) is 8.27. The number of nitrogens with zero attached hydrogens (tertiary/aromatic N) is 1. The Hall–Kier alpha value is -1.39. The van der Waals surface area contributed by atoms with Crippen molar-refractivity contribution in [2.75, 3.05) is 19.6 Å². The average molecular weight is 289 g/mol. The standard InChI is InChI=1S/C17H27N3O/c1-13(2)10-20(12-16-4-3-9-19-16)11-14-5-7-15(8-6-14)17(18)21/h5-8,13,16,19H,3-4,9-12H2,1-2H3,(H2,18,21). The van der Waals surface area contributed by atoms with E-state index in [1.165, 1.54) is 18.4 Å². The van der Waals surface area contributed by atoms with Gasteiger partial charge in [0.15, 0.2) is 0 Å². The van der Waals surface area contributed by atoms with E-state index in [9.17, 15) is 4.79 Å². The third kappa shape index (κ3) is 5.14. The topological polar surface area (TPSA) is 58.4 Å². The Kier molecular flexibility index (Phi) is 5.76. The number of primary amides is 1. The highest BCUT2D eigenvalue weighted by Gasteiger charge is 2.18. The second-order valence-electron chi connectivity index (χ2n) is 6.44. The molecule has 1 heterocycles. The lowest BCUT2D eigenvalue weighted by atomic mass is 10.1. The minimum Gasteiger partial charge on any atom is -0.366 e. The normalized spacial score (nSPS) is 18.6. The van der Waals surface area contributed by atoms with Crippen LogP contribution in [0.4, 0.5) is 0 Å². The van der Waals surface area contributed by atoms with Crippen molar-refractivity contribution in [3.05, 3.63) is 35.4 Å². The number of hydrogen-bond donors (Lipinski definition) is 2. The summed E-state index contributed by atoms with van der Waals surface area (Å²) in [6.45, 7) is 8.77. The van der Waals surface area contributed by atoms with Crippen LogP contribution >= 0.6 is 0 Å². The van der Waals surface area contributed by atoms with E-state index in [0.29, 0.717) is 17.5 Å². The molecule has 1 aromatic carbocycles. The van der Waals surface area contributed by atoms with E-state index in [2.05, 4.69) is 24.1 Å². The number of carbonyl (C=O) groups excluding carboxylic acids is 1. The van der Waals surface area contributed by atoms with Crippen LogP contribution in [0.15, 0.2) is 24.3 Å². The van der Waals surface area contributed by atoms with E-state index in [0.717, 1.165) is 26.2 Å². The van der Waals surface area contributed by atoms with E-state index < -0.39 is 0 Å². The molecule has 1 unspecified atom stereocenters. The highest BCUT2D eigenvalue weighted by molar-refractivity contribution is 5.92. The maximum Gasteiger partial charge on any atom is 0.248 e. The van der Waals surface area contributed by atoms with Gasteiger partial charge in [-0.25, -0.2) is 0 Å². The van der Waals surface area contributed by atoms with Crippen LogP contribution in [0.5, 0.6) is 0 Å². The van der Waals surface area contributed by atoms with Crippen LogP contribution in [0.3, 0.4) is 0 Å². The zero-order chi connectivity index (χ0) is 15.2. The molecule has 0 saturated carbocycles. The fourth-order valence-electron chi connectivity index (χ4n) is 2.98. The Morgan fingerprint density at radius 3 is 2.62 bits per heavy atom. The van der Waals surface area contributed by atoms with Crippen molar-refractivity contribution in [1.29, 1.82) is 0 Å². The van der Waals surface area contributed by atoms with Crippen molar-refractivity contribution in [2.45, 2.75) is 39.3 Å². The minimum absolute atomic E-state index is 0.365. The van der Waals surface area contributed by atoms with Crippen LogP contribution in [-0.2, 0) is 6.54 Å². The molecule has 1 atom stereocenters. The number of carbonyl (C=O) groups is 1. The average Bonchev–Trinajstić information content (AvgIpc) is 2.91. The molecule has 0 spiro atoms. The number of amides is 1. The first kappa shape index (κ1) is 16.0. The van der Waals surface area contributed by atoms with Gasteiger partial charge in [-0.05, 0) is 43.0 Å². The van der Waals surface area contributed by atoms with E-state index in [-0.39, 0.29) is 5.91 Å². The smallest absolute Gasteiger partial charge is 0.248 e. The third-order valence-corrected chi connectivity index (χ3v) is 3.91. The Balaban J connectivity index is 1.97. The molecule has 0 aromatic heterocycles. The van der Waals surface area contributed by atoms with E-state index in [4.69, 9.17) is 5.73 Å². The molecule has 0 bridgehead atoms. The Morgan fingerprint density at radius 2 is 2.10 bits per heavy atom. The molecule has 0 aliphatic carbocycles. The number of hydrogen-bond acceptors (Lipinski definition) is 3. The second kappa shape index (κ2) is 7.57. The fraction of sp³-hybridized carbons (Fsp3) is 0.588. The van der Waals surface area contributed by atoms with Gasteiger partial charge in [-0.2, -0.15) is 0 Å². The first-order valence-corrected chi connectivity index (χ1v) is 7.89. The van der Waals surface area contributed by atoms with Gasteiger partial charge in [0.2, 0.25) is 5.91 Å². The van der Waals surface area contributed by atoms with Gasteiger partial charge in [0, 0.05) is 31.2 Å². The van der Waals surface area contributed by atoms with Crippen LogP contribution in [0.2, 0.25) is 0 Å². The molecule has 2 rings (SSSR count). The fourth-order valence-corrected chi connectivity index (χ4v) is 2.98. The van der Waals surface area contributed by atoms with Crippen molar-refractivity contribution in [2.24, 2.45) is 11.7 Å². The lowest BCUT2D eigenvalue weighted by Gasteiger charge is -2.27. The van der Waals surface area contributed by atoms with Crippen molar-refractivity contribution in [3.8, 4) is 0 Å². The molecular formula is C17H27N3O. The highest BCUT2D eigenvalue weighted by atomic mass is 16.1. The zero-order valence-corrected chi connectivity index (χ0v) is 13.1. The summed E-state index contributed by atoms with van der Waals surface area (Å²) in [5.74, 6) is 0.284. The molecule has 1 aliphatic rings. The molecule has 1 aliphatic heterocycles. The van der Waals surface area contributed by atoms with Crippen LogP contribution in [0, 0.1) is 5.92 Å². The second-order valence-corrected chi connectivity index (χ2v) is 6.44. The largest absolute Gasteiger partial charge is 0.366 e. The van der Waals surface area contributed by atoms with Gasteiger partial charge in [-0.3, -0.25) is 9.69 Å². The molecule has 21 heavy (non-hydrogen) atoms. The SMILES string of the molecule is CC(C)CN(Cc1ccc(C(N)=O)cc1)CC1CCCN1. The zero-order valence-electron chi connectivity index (χ0n) is 13.1. The number of rotatable bonds is 7. The van der Waals surface area contributed by atoms with Gasteiger partial charge in [-0.15, -0.1) is 0 Å². The highest BCUT2D eigenvalue weighted by Crippen LogP contribution is 2.13. The van der Waals surface area contributed by atoms with Crippen molar-refractivity contribution >= 4 is 5.91 Å². The summed E-state index contributed by atoms with van der Waals surface area (Å²) < 4.78 is 0. The maximum atomic E-state index is 11.1. The number of benzene rings is 1. The van der Waals surface area contributed by atoms with E-state index in [1.807, 2.05) is 24.3 Å². The van der Waals surface area contributed by atoms with Gasteiger partial charge < -0.3 is 11.1 Å². The predicted octanol–water partition coefficient (Wildman–Crippen LogP) is 2.00. The quantitative estimate of drug-likeness (QED) is 0.807. The molecule has 1 fully saturated rings. The van der Waals surface area contributed by atoms with Crippen molar-refractivity contribution in [3.63, 3.8) is 0 Å². The molecule has 116 valence electrons. The number of nitrogens with one attached hydrogen (secondary N) is 1. The molecule has 1 aromatic rings. The van der Waals surface area contributed by atoms with Crippen molar-refractivity contribution in [1.82, 2.24) is 10.2 Å².